The van der Waals surface area contributed by atoms with Crippen molar-refractivity contribution < 1.29 is 4.74 Å². The second-order valence-electron chi connectivity index (χ2n) is 4.38. The van der Waals surface area contributed by atoms with Gasteiger partial charge in [-0.2, -0.15) is 0 Å². The zero-order valence-electron chi connectivity index (χ0n) is 8.63. The van der Waals surface area contributed by atoms with Gasteiger partial charge in [-0.1, -0.05) is 13.8 Å². The first-order valence-electron chi connectivity index (χ1n) is 4.91. The molecule has 0 heterocycles. The van der Waals surface area contributed by atoms with Gasteiger partial charge in [0.15, 0.2) is 0 Å². The van der Waals surface area contributed by atoms with Crippen molar-refractivity contribution in [3.63, 3.8) is 0 Å². The van der Waals surface area contributed by atoms with Gasteiger partial charge in [-0.25, -0.2) is 0 Å². The summed E-state index contributed by atoms with van der Waals surface area (Å²) in [7, 11) is 0. The molecule has 0 spiro atoms. The summed E-state index contributed by atoms with van der Waals surface area (Å²) in [5.41, 5.74) is 6.18. The van der Waals surface area contributed by atoms with E-state index in [1.54, 1.807) is 0 Å². The van der Waals surface area contributed by atoms with Crippen LogP contribution in [0.15, 0.2) is 0 Å². The first kappa shape index (κ1) is 10.0. The molecule has 0 aliphatic heterocycles. The molecule has 3 atom stereocenters. The molecule has 3 unspecified atom stereocenters. The third-order valence-corrected chi connectivity index (χ3v) is 3.25. The summed E-state index contributed by atoms with van der Waals surface area (Å²) in [5.74, 6) is 0. The van der Waals surface area contributed by atoms with Crippen molar-refractivity contribution in [3.8, 4) is 0 Å². The predicted octanol–water partition coefficient (Wildman–Crippen LogP) is 1.93. The number of ether oxygens (including phenoxy) is 1. The molecule has 1 fully saturated rings. The maximum absolute atomic E-state index is 5.95. The second kappa shape index (κ2) is 3.35. The minimum atomic E-state index is 0.226. The summed E-state index contributed by atoms with van der Waals surface area (Å²) in [6, 6.07) is 0.339. The Morgan fingerprint density at radius 3 is 2.50 bits per heavy atom. The van der Waals surface area contributed by atoms with E-state index in [2.05, 4.69) is 27.7 Å². The largest absolute Gasteiger partial charge is 0.375 e. The Hall–Kier alpha value is -0.0800. The lowest BCUT2D eigenvalue weighted by Crippen LogP contribution is -2.60. The van der Waals surface area contributed by atoms with Crippen molar-refractivity contribution in [1.29, 1.82) is 0 Å². The van der Waals surface area contributed by atoms with Crippen LogP contribution in [0.4, 0.5) is 0 Å². The molecule has 0 radical (unpaired) electrons. The Kier molecular flexibility index (Phi) is 2.79. The van der Waals surface area contributed by atoms with Crippen molar-refractivity contribution >= 4 is 0 Å². The van der Waals surface area contributed by atoms with Crippen LogP contribution in [0.3, 0.4) is 0 Å². The van der Waals surface area contributed by atoms with Crippen molar-refractivity contribution in [2.24, 2.45) is 11.1 Å². The van der Waals surface area contributed by atoms with Gasteiger partial charge >= 0.3 is 0 Å². The molecule has 72 valence electrons. The van der Waals surface area contributed by atoms with Gasteiger partial charge < -0.3 is 10.5 Å². The molecular weight excluding hydrogens is 150 g/mol. The molecule has 1 aliphatic rings. The van der Waals surface area contributed by atoms with Crippen LogP contribution >= 0.6 is 0 Å². The summed E-state index contributed by atoms with van der Waals surface area (Å²) >= 11 is 0. The predicted molar refractivity (Wildman–Crippen MR) is 51.0 cm³/mol. The molecule has 2 nitrogen and oxygen atoms in total. The van der Waals surface area contributed by atoms with Gasteiger partial charge in [0.05, 0.1) is 12.2 Å². The molecule has 1 aliphatic carbocycles. The molecule has 1 rings (SSSR count). The van der Waals surface area contributed by atoms with Gasteiger partial charge in [-0.15, -0.1) is 0 Å². The zero-order valence-corrected chi connectivity index (χ0v) is 8.63. The average Bonchev–Trinajstić information content (AvgIpc) is 2.02. The summed E-state index contributed by atoms with van der Waals surface area (Å²) in [6.07, 6.45) is 2.86. The molecule has 1 saturated carbocycles. The van der Waals surface area contributed by atoms with E-state index in [0.717, 1.165) is 12.8 Å². The normalized spacial score (nSPS) is 41.5. The fourth-order valence-electron chi connectivity index (χ4n) is 1.88. The lowest BCUT2D eigenvalue weighted by atomic mass is 9.62. The smallest absolute Gasteiger partial charge is 0.0661 e. The van der Waals surface area contributed by atoms with Crippen LogP contribution in [-0.4, -0.2) is 18.2 Å². The first-order valence-corrected chi connectivity index (χ1v) is 4.91. The Bertz CT molecular complexity index is 158. The molecule has 0 bridgehead atoms. The van der Waals surface area contributed by atoms with Gasteiger partial charge in [-0.05, 0) is 26.7 Å². The van der Waals surface area contributed by atoms with Gasteiger partial charge in [0.2, 0.25) is 0 Å². The van der Waals surface area contributed by atoms with Crippen LogP contribution in [-0.2, 0) is 4.74 Å². The number of hydrogen-bond donors (Lipinski definition) is 1. The minimum Gasteiger partial charge on any atom is -0.375 e. The van der Waals surface area contributed by atoms with Crippen molar-refractivity contribution in [2.75, 3.05) is 0 Å². The van der Waals surface area contributed by atoms with Gasteiger partial charge in [0, 0.05) is 11.5 Å². The fraction of sp³-hybridized carbons (Fsp3) is 1.00. The highest BCUT2D eigenvalue weighted by atomic mass is 16.5. The zero-order chi connectivity index (χ0) is 9.35. The third-order valence-electron chi connectivity index (χ3n) is 3.25. The third kappa shape index (κ3) is 1.50. The molecule has 0 aromatic heterocycles. The Labute approximate surface area is 75.5 Å². The quantitative estimate of drug-likeness (QED) is 0.704. The topological polar surface area (TPSA) is 35.2 Å². The number of hydrogen-bond acceptors (Lipinski definition) is 2. The molecule has 0 aromatic carbocycles. The van der Waals surface area contributed by atoms with E-state index in [1.165, 1.54) is 0 Å². The number of rotatable bonds is 3. The van der Waals surface area contributed by atoms with Crippen LogP contribution in [0.25, 0.3) is 0 Å². The molecule has 0 aromatic rings. The van der Waals surface area contributed by atoms with E-state index in [9.17, 15) is 0 Å². The fourth-order valence-corrected chi connectivity index (χ4v) is 1.88. The van der Waals surface area contributed by atoms with E-state index in [-0.39, 0.29) is 5.41 Å². The highest BCUT2D eigenvalue weighted by molar-refractivity contribution is 5.03. The maximum Gasteiger partial charge on any atom is 0.0661 e. The molecule has 2 heteroatoms. The SMILES string of the molecule is CCC1(C)C(N)CC1OC(C)C. The van der Waals surface area contributed by atoms with Crippen LogP contribution in [0.1, 0.15) is 40.5 Å². The lowest BCUT2D eigenvalue weighted by Gasteiger charge is -2.52. The van der Waals surface area contributed by atoms with E-state index >= 15 is 0 Å². The maximum atomic E-state index is 5.95. The Balaban J connectivity index is 2.48. The van der Waals surface area contributed by atoms with E-state index < -0.39 is 0 Å². The van der Waals surface area contributed by atoms with Crippen molar-refractivity contribution in [1.82, 2.24) is 0 Å². The summed E-state index contributed by atoms with van der Waals surface area (Å²) in [6.45, 7) is 8.59. The van der Waals surface area contributed by atoms with Gasteiger partial charge in [0.25, 0.3) is 0 Å². The van der Waals surface area contributed by atoms with Crippen molar-refractivity contribution in [3.05, 3.63) is 0 Å². The molecule has 0 amide bonds. The van der Waals surface area contributed by atoms with Gasteiger partial charge in [0.1, 0.15) is 0 Å². The molecule has 2 N–H and O–H groups in total. The van der Waals surface area contributed by atoms with E-state index in [0.29, 0.717) is 18.2 Å². The molecule has 0 saturated heterocycles. The monoisotopic (exact) mass is 171 g/mol. The highest BCUT2D eigenvalue weighted by Crippen LogP contribution is 2.44. The number of nitrogens with two attached hydrogens (primary N) is 1. The first-order chi connectivity index (χ1) is 5.50. The van der Waals surface area contributed by atoms with Gasteiger partial charge in [-0.3, -0.25) is 0 Å². The van der Waals surface area contributed by atoms with E-state index in [1.807, 2.05) is 0 Å². The minimum absolute atomic E-state index is 0.226. The molecular formula is C10H21NO. The van der Waals surface area contributed by atoms with Crippen LogP contribution < -0.4 is 5.73 Å². The van der Waals surface area contributed by atoms with Crippen LogP contribution in [0.5, 0.6) is 0 Å². The highest BCUT2D eigenvalue weighted by Gasteiger charge is 2.49. The van der Waals surface area contributed by atoms with Crippen molar-refractivity contribution in [2.45, 2.75) is 58.8 Å². The Morgan fingerprint density at radius 1 is 1.58 bits per heavy atom. The van der Waals surface area contributed by atoms with E-state index in [4.69, 9.17) is 10.5 Å². The summed E-state index contributed by atoms with van der Waals surface area (Å²) in [4.78, 5) is 0. The average molecular weight is 171 g/mol. The lowest BCUT2D eigenvalue weighted by molar-refractivity contribution is -0.140. The summed E-state index contributed by atoms with van der Waals surface area (Å²) in [5, 5.41) is 0. The summed E-state index contributed by atoms with van der Waals surface area (Å²) < 4.78 is 5.78. The second-order valence-corrected chi connectivity index (χ2v) is 4.38. The molecule has 12 heavy (non-hydrogen) atoms. The van der Waals surface area contributed by atoms with Crippen LogP contribution in [0.2, 0.25) is 0 Å². The van der Waals surface area contributed by atoms with Crippen LogP contribution in [0, 0.1) is 5.41 Å². The Morgan fingerprint density at radius 2 is 2.17 bits per heavy atom. The standard InChI is InChI=1S/C10H21NO/c1-5-10(4)8(11)6-9(10)12-7(2)3/h7-9H,5-6,11H2,1-4H3.